The number of aryl methyl sites for hydroxylation is 1. The van der Waals surface area contributed by atoms with Crippen molar-refractivity contribution >= 4 is 17.8 Å². The van der Waals surface area contributed by atoms with Gasteiger partial charge in [0.25, 0.3) is 0 Å². The average Bonchev–Trinajstić information content (AvgIpc) is 2.97. The summed E-state index contributed by atoms with van der Waals surface area (Å²) in [6, 6.07) is 3.20. The summed E-state index contributed by atoms with van der Waals surface area (Å²) in [5.74, 6) is 0.498. The summed E-state index contributed by atoms with van der Waals surface area (Å²) in [6.45, 7) is 2.72. The lowest BCUT2D eigenvalue weighted by Crippen LogP contribution is -2.35. The molecule has 0 saturated carbocycles. The molecule has 8 nitrogen and oxygen atoms in total. The van der Waals surface area contributed by atoms with Gasteiger partial charge in [0.05, 0.1) is 25.0 Å². The van der Waals surface area contributed by atoms with Crippen LogP contribution in [-0.2, 0) is 4.74 Å². The van der Waals surface area contributed by atoms with Crippen LogP contribution in [0.2, 0.25) is 0 Å². The second-order valence-electron chi connectivity index (χ2n) is 5.55. The molecule has 1 N–H and O–H groups in total. The second-order valence-corrected chi connectivity index (χ2v) is 5.55. The molecule has 2 rings (SSSR count). The number of methoxy groups -OCH3 is 1. The highest BCUT2D eigenvalue weighted by atomic mass is 16.6. The number of ether oxygens (including phenoxy) is 2. The van der Waals surface area contributed by atoms with Gasteiger partial charge in [0.1, 0.15) is 6.10 Å². The molecular weight excluding hydrogens is 300 g/mol. The van der Waals surface area contributed by atoms with Gasteiger partial charge in [-0.25, -0.2) is 14.6 Å². The van der Waals surface area contributed by atoms with Crippen LogP contribution in [0, 0.1) is 6.92 Å². The van der Waals surface area contributed by atoms with Crippen molar-refractivity contribution in [2.45, 2.75) is 19.4 Å². The van der Waals surface area contributed by atoms with Gasteiger partial charge in [-0.05, 0) is 13.0 Å². The smallest absolute Gasteiger partial charge is 0.409 e. The zero-order valence-corrected chi connectivity index (χ0v) is 13.8. The van der Waals surface area contributed by atoms with Crippen LogP contribution < -0.4 is 10.1 Å². The topological polar surface area (TPSA) is 84.0 Å². The number of nitrogens with one attached hydrogen (secondary N) is 1. The SMILES string of the molecule is COc1ccc(NC(=O)N2CCC(OC(=O)N(C)C)C2)c(C)n1. The standard InChI is InChI=1S/C15H22N4O4/c1-10-12(5-6-13(16-10)22-4)17-14(20)19-8-7-11(9-19)23-15(21)18(2)3/h5-6,11H,7-9H2,1-4H3,(H,17,20). The van der Waals surface area contributed by atoms with E-state index >= 15 is 0 Å². The lowest BCUT2D eigenvalue weighted by atomic mass is 10.3. The highest BCUT2D eigenvalue weighted by Crippen LogP contribution is 2.19. The van der Waals surface area contributed by atoms with Gasteiger partial charge in [0.2, 0.25) is 5.88 Å². The number of anilines is 1. The molecule has 23 heavy (non-hydrogen) atoms. The number of rotatable bonds is 3. The number of hydrogen-bond donors (Lipinski definition) is 1. The van der Waals surface area contributed by atoms with Crippen LogP contribution in [0.25, 0.3) is 0 Å². The molecule has 1 aromatic heterocycles. The van der Waals surface area contributed by atoms with Crippen LogP contribution in [0.5, 0.6) is 5.88 Å². The molecule has 1 saturated heterocycles. The largest absolute Gasteiger partial charge is 0.481 e. The second kappa shape index (κ2) is 7.17. The molecule has 8 heteroatoms. The van der Waals surface area contributed by atoms with Crippen molar-refractivity contribution in [2.75, 3.05) is 39.6 Å². The van der Waals surface area contributed by atoms with E-state index in [0.717, 1.165) is 0 Å². The van der Waals surface area contributed by atoms with E-state index in [-0.39, 0.29) is 12.1 Å². The van der Waals surface area contributed by atoms with Crippen molar-refractivity contribution in [1.29, 1.82) is 0 Å². The summed E-state index contributed by atoms with van der Waals surface area (Å²) in [7, 11) is 4.79. The van der Waals surface area contributed by atoms with E-state index in [1.54, 1.807) is 45.2 Å². The highest BCUT2D eigenvalue weighted by molar-refractivity contribution is 5.90. The molecule has 0 bridgehead atoms. The molecule has 0 radical (unpaired) electrons. The molecule has 1 aromatic rings. The number of amides is 3. The minimum Gasteiger partial charge on any atom is -0.481 e. The molecule has 0 aromatic carbocycles. The Balaban J connectivity index is 1.91. The van der Waals surface area contributed by atoms with Crippen molar-refractivity contribution in [2.24, 2.45) is 0 Å². The van der Waals surface area contributed by atoms with Crippen molar-refractivity contribution in [3.05, 3.63) is 17.8 Å². The lowest BCUT2D eigenvalue weighted by molar-refractivity contribution is 0.0794. The quantitative estimate of drug-likeness (QED) is 0.916. The Morgan fingerprint density at radius 1 is 1.39 bits per heavy atom. The Morgan fingerprint density at radius 3 is 2.74 bits per heavy atom. The third-order valence-electron chi connectivity index (χ3n) is 3.58. The van der Waals surface area contributed by atoms with Crippen molar-refractivity contribution in [3.8, 4) is 5.88 Å². The predicted molar refractivity (Wildman–Crippen MR) is 84.7 cm³/mol. The summed E-state index contributed by atoms with van der Waals surface area (Å²) < 4.78 is 10.3. The maximum Gasteiger partial charge on any atom is 0.409 e. The van der Waals surface area contributed by atoms with Crippen molar-refractivity contribution in [3.63, 3.8) is 0 Å². The summed E-state index contributed by atoms with van der Waals surface area (Å²) in [5.41, 5.74) is 1.30. The summed E-state index contributed by atoms with van der Waals surface area (Å²) >= 11 is 0. The summed E-state index contributed by atoms with van der Waals surface area (Å²) in [4.78, 5) is 31.0. The van der Waals surface area contributed by atoms with E-state index in [9.17, 15) is 9.59 Å². The molecule has 1 unspecified atom stereocenters. The van der Waals surface area contributed by atoms with E-state index in [4.69, 9.17) is 9.47 Å². The molecule has 1 aliphatic heterocycles. The van der Waals surface area contributed by atoms with E-state index < -0.39 is 6.09 Å². The van der Waals surface area contributed by atoms with Gasteiger partial charge in [-0.3, -0.25) is 0 Å². The molecule has 1 aliphatic rings. The molecule has 2 heterocycles. The van der Waals surface area contributed by atoms with Gasteiger partial charge >= 0.3 is 12.1 Å². The van der Waals surface area contributed by atoms with Gasteiger partial charge < -0.3 is 24.6 Å². The Morgan fingerprint density at radius 2 is 2.13 bits per heavy atom. The maximum absolute atomic E-state index is 12.3. The first-order valence-electron chi connectivity index (χ1n) is 7.36. The van der Waals surface area contributed by atoms with Gasteiger partial charge in [0, 0.05) is 33.1 Å². The zero-order valence-electron chi connectivity index (χ0n) is 13.8. The number of pyridine rings is 1. The fourth-order valence-electron chi connectivity index (χ4n) is 2.23. The number of likely N-dealkylation sites (tertiary alicyclic amines) is 1. The first-order valence-corrected chi connectivity index (χ1v) is 7.36. The number of carbonyl (C=O) groups excluding carboxylic acids is 2. The monoisotopic (exact) mass is 322 g/mol. The van der Waals surface area contributed by atoms with Gasteiger partial charge in [0.15, 0.2) is 0 Å². The van der Waals surface area contributed by atoms with Crippen LogP contribution in [-0.4, -0.2) is 67.3 Å². The molecular formula is C15H22N4O4. The van der Waals surface area contributed by atoms with Gasteiger partial charge in [-0.15, -0.1) is 0 Å². The van der Waals surface area contributed by atoms with Crippen molar-refractivity contribution < 1.29 is 19.1 Å². The summed E-state index contributed by atoms with van der Waals surface area (Å²) in [6.07, 6.45) is -0.0365. The Kier molecular flexibility index (Phi) is 5.25. The van der Waals surface area contributed by atoms with Crippen LogP contribution in [0.4, 0.5) is 15.3 Å². The lowest BCUT2D eigenvalue weighted by Gasteiger charge is -2.19. The molecule has 1 fully saturated rings. The Bertz CT molecular complexity index is 591. The third kappa shape index (κ3) is 4.24. The molecule has 126 valence electrons. The fourth-order valence-corrected chi connectivity index (χ4v) is 2.23. The van der Waals surface area contributed by atoms with Crippen LogP contribution in [0.3, 0.4) is 0 Å². The number of hydrogen-bond acceptors (Lipinski definition) is 5. The summed E-state index contributed by atoms with van der Waals surface area (Å²) in [5, 5.41) is 2.82. The molecule has 0 spiro atoms. The number of urea groups is 1. The first-order chi connectivity index (χ1) is 10.9. The minimum atomic E-state index is -0.396. The zero-order chi connectivity index (χ0) is 17.0. The predicted octanol–water partition coefficient (Wildman–Crippen LogP) is 1.70. The van der Waals surface area contributed by atoms with E-state index in [1.165, 1.54) is 4.90 Å². The third-order valence-corrected chi connectivity index (χ3v) is 3.58. The van der Waals surface area contributed by atoms with Crippen LogP contribution >= 0.6 is 0 Å². The van der Waals surface area contributed by atoms with Crippen LogP contribution in [0.15, 0.2) is 12.1 Å². The number of carbonyl (C=O) groups is 2. The fraction of sp³-hybridized carbons (Fsp3) is 0.533. The van der Waals surface area contributed by atoms with Crippen molar-refractivity contribution in [1.82, 2.24) is 14.8 Å². The van der Waals surface area contributed by atoms with E-state index in [1.807, 2.05) is 0 Å². The normalized spacial score (nSPS) is 16.9. The van der Waals surface area contributed by atoms with Gasteiger partial charge in [-0.1, -0.05) is 0 Å². The highest BCUT2D eigenvalue weighted by Gasteiger charge is 2.29. The number of nitrogens with zero attached hydrogens (tertiary/aromatic N) is 3. The maximum atomic E-state index is 12.3. The first kappa shape index (κ1) is 16.9. The van der Waals surface area contributed by atoms with E-state index in [0.29, 0.717) is 36.8 Å². The minimum absolute atomic E-state index is 0.233. The van der Waals surface area contributed by atoms with Crippen LogP contribution in [0.1, 0.15) is 12.1 Å². The molecule has 3 amide bonds. The Labute approximate surface area is 135 Å². The number of aromatic nitrogens is 1. The Hall–Kier alpha value is -2.51. The molecule has 0 aliphatic carbocycles. The average molecular weight is 322 g/mol. The van der Waals surface area contributed by atoms with E-state index in [2.05, 4.69) is 10.3 Å². The molecule has 1 atom stereocenters. The van der Waals surface area contributed by atoms with Gasteiger partial charge in [-0.2, -0.15) is 0 Å².